The van der Waals surface area contributed by atoms with Crippen molar-refractivity contribution in [3.8, 4) is 0 Å². The molecule has 4 nitrogen and oxygen atoms in total. The van der Waals surface area contributed by atoms with Crippen LogP contribution in [0.2, 0.25) is 0 Å². The van der Waals surface area contributed by atoms with Gasteiger partial charge in [0.05, 0.1) is 12.1 Å². The molecule has 0 saturated heterocycles. The molecule has 1 aromatic carbocycles. The summed E-state index contributed by atoms with van der Waals surface area (Å²) < 4.78 is 13.6. The number of hydrogen-bond acceptors (Lipinski definition) is 4. The van der Waals surface area contributed by atoms with Crippen LogP contribution >= 0.6 is 11.3 Å². The number of fused-ring (bicyclic) bond motifs is 1. The third kappa shape index (κ3) is 2.48. The van der Waals surface area contributed by atoms with E-state index in [2.05, 4.69) is 15.3 Å². The molecule has 2 N–H and O–H groups in total. The normalized spacial score (nSPS) is 10.8. The zero-order valence-corrected chi connectivity index (χ0v) is 10.6. The number of benzene rings is 1. The number of anilines is 1. The lowest BCUT2D eigenvalue weighted by Gasteiger charge is -2.05. The van der Waals surface area contributed by atoms with E-state index in [1.165, 1.54) is 23.5 Å². The SMILES string of the molecule is O=c1[nH]c(CNc2cccc(F)c2)nc2ccsc12. The average Bonchev–Trinajstić information content (AvgIpc) is 2.85. The summed E-state index contributed by atoms with van der Waals surface area (Å²) >= 11 is 1.36. The van der Waals surface area contributed by atoms with Gasteiger partial charge in [0.2, 0.25) is 0 Å². The Labute approximate surface area is 111 Å². The average molecular weight is 275 g/mol. The fourth-order valence-electron chi connectivity index (χ4n) is 1.79. The molecule has 19 heavy (non-hydrogen) atoms. The summed E-state index contributed by atoms with van der Waals surface area (Å²) in [6.45, 7) is 0.338. The van der Waals surface area contributed by atoms with Crippen molar-refractivity contribution < 1.29 is 4.39 Å². The largest absolute Gasteiger partial charge is 0.378 e. The number of nitrogens with zero attached hydrogens (tertiary/aromatic N) is 1. The number of H-pyrrole nitrogens is 1. The number of aromatic nitrogens is 2. The molecule has 0 saturated carbocycles. The van der Waals surface area contributed by atoms with E-state index < -0.39 is 0 Å². The van der Waals surface area contributed by atoms with Gasteiger partial charge in [0, 0.05) is 5.69 Å². The molecule has 0 spiro atoms. The third-order valence-corrected chi connectivity index (χ3v) is 3.55. The van der Waals surface area contributed by atoms with Crippen LogP contribution in [0.1, 0.15) is 5.82 Å². The minimum Gasteiger partial charge on any atom is -0.378 e. The summed E-state index contributed by atoms with van der Waals surface area (Å²) in [6, 6.07) is 7.95. The first-order valence-corrected chi connectivity index (χ1v) is 6.56. The van der Waals surface area contributed by atoms with Crippen LogP contribution in [0.25, 0.3) is 10.2 Å². The zero-order valence-electron chi connectivity index (χ0n) is 9.81. The Morgan fingerprint density at radius 1 is 1.37 bits per heavy atom. The number of aromatic amines is 1. The minimum atomic E-state index is -0.306. The zero-order chi connectivity index (χ0) is 13.2. The molecular weight excluding hydrogens is 265 g/mol. The standard InChI is InChI=1S/C13H10FN3OS/c14-8-2-1-3-9(6-8)15-7-11-16-10-4-5-19-12(10)13(18)17-11/h1-6,15H,7H2,(H,16,17,18). The van der Waals surface area contributed by atoms with Gasteiger partial charge in [0.1, 0.15) is 16.3 Å². The Morgan fingerprint density at radius 2 is 2.26 bits per heavy atom. The maximum Gasteiger partial charge on any atom is 0.268 e. The minimum absolute atomic E-state index is 0.143. The number of hydrogen-bond donors (Lipinski definition) is 2. The predicted octanol–water partition coefficient (Wildman–Crippen LogP) is 2.74. The number of nitrogens with one attached hydrogen (secondary N) is 2. The van der Waals surface area contributed by atoms with Crippen LogP contribution in [-0.2, 0) is 6.54 Å². The third-order valence-electron chi connectivity index (χ3n) is 2.65. The van der Waals surface area contributed by atoms with Gasteiger partial charge >= 0.3 is 0 Å². The molecule has 0 bridgehead atoms. The fraction of sp³-hybridized carbons (Fsp3) is 0.0769. The molecule has 0 aliphatic rings. The molecule has 96 valence electrons. The van der Waals surface area contributed by atoms with E-state index in [4.69, 9.17) is 0 Å². The molecule has 0 unspecified atom stereocenters. The van der Waals surface area contributed by atoms with Crippen molar-refractivity contribution >= 4 is 27.2 Å². The highest BCUT2D eigenvalue weighted by Crippen LogP contribution is 2.14. The van der Waals surface area contributed by atoms with Crippen molar-refractivity contribution in [1.82, 2.24) is 9.97 Å². The highest BCUT2D eigenvalue weighted by Gasteiger charge is 2.04. The van der Waals surface area contributed by atoms with Gasteiger partial charge in [-0.05, 0) is 29.6 Å². The summed E-state index contributed by atoms with van der Waals surface area (Å²) in [5, 5.41) is 4.85. The highest BCUT2D eigenvalue weighted by atomic mass is 32.1. The van der Waals surface area contributed by atoms with Crippen molar-refractivity contribution in [2.75, 3.05) is 5.32 Å². The summed E-state index contributed by atoms with van der Waals surface area (Å²) in [5.41, 5.74) is 1.19. The second kappa shape index (κ2) is 4.81. The first-order valence-electron chi connectivity index (χ1n) is 5.68. The van der Waals surface area contributed by atoms with Gasteiger partial charge in [-0.3, -0.25) is 4.79 Å². The fourth-order valence-corrected chi connectivity index (χ4v) is 2.52. The molecule has 0 aliphatic carbocycles. The van der Waals surface area contributed by atoms with Crippen molar-refractivity contribution in [3.63, 3.8) is 0 Å². The van der Waals surface area contributed by atoms with E-state index in [0.717, 1.165) is 0 Å². The van der Waals surface area contributed by atoms with Crippen LogP contribution in [0.4, 0.5) is 10.1 Å². The van der Waals surface area contributed by atoms with Crippen LogP contribution in [-0.4, -0.2) is 9.97 Å². The Bertz CT molecular complexity index is 781. The molecule has 2 heterocycles. The molecule has 0 aliphatic heterocycles. The second-order valence-electron chi connectivity index (χ2n) is 4.01. The van der Waals surface area contributed by atoms with Gasteiger partial charge in [0.25, 0.3) is 5.56 Å². The molecule has 0 fully saturated rings. The van der Waals surface area contributed by atoms with Gasteiger partial charge in [-0.2, -0.15) is 0 Å². The van der Waals surface area contributed by atoms with Crippen molar-refractivity contribution in [1.29, 1.82) is 0 Å². The van der Waals surface area contributed by atoms with E-state index in [1.807, 2.05) is 5.38 Å². The Morgan fingerprint density at radius 3 is 3.11 bits per heavy atom. The van der Waals surface area contributed by atoms with E-state index in [0.29, 0.717) is 28.3 Å². The first-order chi connectivity index (χ1) is 9.22. The molecule has 3 aromatic rings. The molecule has 6 heteroatoms. The lowest BCUT2D eigenvalue weighted by atomic mass is 10.3. The molecule has 3 rings (SSSR count). The lowest BCUT2D eigenvalue weighted by molar-refractivity contribution is 0.628. The van der Waals surface area contributed by atoms with E-state index in [1.54, 1.807) is 18.2 Å². The summed E-state index contributed by atoms with van der Waals surface area (Å²) in [5.74, 6) is 0.222. The van der Waals surface area contributed by atoms with Crippen LogP contribution in [0.5, 0.6) is 0 Å². The van der Waals surface area contributed by atoms with E-state index >= 15 is 0 Å². The van der Waals surface area contributed by atoms with Gasteiger partial charge in [0.15, 0.2) is 0 Å². The van der Waals surface area contributed by atoms with E-state index in [9.17, 15) is 9.18 Å². The topological polar surface area (TPSA) is 57.8 Å². The number of thiophene rings is 1. The quantitative estimate of drug-likeness (QED) is 0.772. The maximum atomic E-state index is 13.0. The summed E-state index contributed by atoms with van der Waals surface area (Å²) in [4.78, 5) is 18.8. The smallest absolute Gasteiger partial charge is 0.268 e. The summed E-state index contributed by atoms with van der Waals surface area (Å²) in [7, 11) is 0. The molecule has 0 atom stereocenters. The summed E-state index contributed by atoms with van der Waals surface area (Å²) in [6.07, 6.45) is 0. The number of rotatable bonds is 3. The Balaban J connectivity index is 1.83. The van der Waals surface area contributed by atoms with Gasteiger partial charge in [-0.25, -0.2) is 9.37 Å². The Hall–Kier alpha value is -2.21. The predicted molar refractivity (Wildman–Crippen MR) is 74.0 cm³/mol. The molecule has 0 radical (unpaired) electrons. The maximum absolute atomic E-state index is 13.0. The first kappa shape index (κ1) is 11.9. The van der Waals surface area contributed by atoms with Crippen LogP contribution in [0.15, 0.2) is 40.5 Å². The molecular formula is C13H10FN3OS. The van der Waals surface area contributed by atoms with Crippen LogP contribution < -0.4 is 10.9 Å². The monoisotopic (exact) mass is 275 g/mol. The Kier molecular flexibility index (Phi) is 3.00. The van der Waals surface area contributed by atoms with Crippen molar-refractivity contribution in [3.05, 3.63) is 57.7 Å². The number of halogens is 1. The lowest BCUT2D eigenvalue weighted by Crippen LogP contribution is -2.13. The van der Waals surface area contributed by atoms with Gasteiger partial charge in [-0.15, -0.1) is 11.3 Å². The molecule has 0 amide bonds. The van der Waals surface area contributed by atoms with Gasteiger partial charge in [-0.1, -0.05) is 6.07 Å². The van der Waals surface area contributed by atoms with Gasteiger partial charge < -0.3 is 10.3 Å². The van der Waals surface area contributed by atoms with Crippen molar-refractivity contribution in [2.45, 2.75) is 6.54 Å². The second-order valence-corrected chi connectivity index (χ2v) is 4.93. The van der Waals surface area contributed by atoms with E-state index in [-0.39, 0.29) is 11.4 Å². The van der Waals surface area contributed by atoms with Crippen LogP contribution in [0, 0.1) is 5.82 Å². The van der Waals surface area contributed by atoms with Crippen molar-refractivity contribution in [2.24, 2.45) is 0 Å². The highest BCUT2D eigenvalue weighted by molar-refractivity contribution is 7.17. The van der Waals surface area contributed by atoms with Crippen LogP contribution in [0.3, 0.4) is 0 Å². The molecule has 2 aromatic heterocycles.